The van der Waals surface area contributed by atoms with Gasteiger partial charge < -0.3 is 14.9 Å². The van der Waals surface area contributed by atoms with Crippen molar-refractivity contribution >= 4 is 27.8 Å². The number of hydrogen-bond acceptors (Lipinski definition) is 2. The number of carbonyl (C=O) groups is 1. The predicted octanol–water partition coefficient (Wildman–Crippen LogP) is 3.56. The Morgan fingerprint density at radius 1 is 1.16 bits per heavy atom. The van der Waals surface area contributed by atoms with E-state index in [2.05, 4.69) is 25.9 Å². The maximum Gasteiger partial charge on any atom is 0.267 e. The molecule has 2 aromatic heterocycles. The van der Waals surface area contributed by atoms with Crippen molar-refractivity contribution in [2.75, 3.05) is 6.54 Å². The number of fused-ring (bicyclic) bond motifs is 2. The van der Waals surface area contributed by atoms with E-state index < -0.39 is 0 Å². The van der Waals surface area contributed by atoms with E-state index in [4.69, 9.17) is 0 Å². The maximum absolute atomic E-state index is 12.4. The van der Waals surface area contributed by atoms with Gasteiger partial charge in [0.2, 0.25) is 0 Å². The van der Waals surface area contributed by atoms with Crippen molar-refractivity contribution in [3.63, 3.8) is 0 Å². The highest BCUT2D eigenvalue weighted by molar-refractivity contribution is 5.98. The third-order valence-electron chi connectivity index (χ3n) is 4.49. The number of rotatable bonds is 4. The highest BCUT2D eigenvalue weighted by Crippen LogP contribution is 2.17. The molecule has 4 rings (SSSR count). The molecule has 0 saturated carbocycles. The Morgan fingerprint density at radius 2 is 2.00 bits per heavy atom. The normalized spacial score (nSPS) is 11.3. The van der Waals surface area contributed by atoms with Crippen LogP contribution in [0.1, 0.15) is 21.9 Å². The molecule has 0 bridgehead atoms. The topological polar surface area (TPSA) is 62.7 Å². The first-order valence-corrected chi connectivity index (χ1v) is 8.41. The third kappa shape index (κ3) is 2.89. The van der Waals surface area contributed by atoms with Crippen molar-refractivity contribution in [3.05, 3.63) is 65.6 Å². The predicted molar refractivity (Wildman–Crippen MR) is 99.8 cm³/mol. The Morgan fingerprint density at radius 3 is 2.88 bits per heavy atom. The molecule has 0 aliphatic carbocycles. The monoisotopic (exact) mass is 332 g/mol. The second-order valence-electron chi connectivity index (χ2n) is 6.33. The Balaban J connectivity index is 1.47. The first-order valence-electron chi connectivity index (χ1n) is 8.41. The van der Waals surface area contributed by atoms with E-state index >= 15 is 0 Å². The summed E-state index contributed by atoms with van der Waals surface area (Å²) in [7, 11) is 0. The van der Waals surface area contributed by atoms with Gasteiger partial charge in [0.25, 0.3) is 5.91 Å². The highest BCUT2D eigenvalue weighted by atomic mass is 16.1. The molecule has 0 saturated heterocycles. The van der Waals surface area contributed by atoms with Crippen LogP contribution in [0, 0.1) is 13.8 Å². The van der Waals surface area contributed by atoms with E-state index in [0.29, 0.717) is 18.8 Å². The molecule has 1 amide bonds. The molecule has 0 atom stereocenters. The zero-order valence-electron chi connectivity index (χ0n) is 14.3. The van der Waals surface area contributed by atoms with Crippen LogP contribution in [0.2, 0.25) is 0 Å². The van der Waals surface area contributed by atoms with Crippen LogP contribution in [0.5, 0.6) is 0 Å². The second-order valence-corrected chi connectivity index (χ2v) is 6.33. The summed E-state index contributed by atoms with van der Waals surface area (Å²) in [5.74, 6) is 0.868. The van der Waals surface area contributed by atoms with E-state index in [1.165, 1.54) is 5.56 Å². The molecule has 0 fully saturated rings. The standard InChI is InChI=1S/C20H20N4O/c1-13-7-8-15-12-18(23-17(15)11-13)20(25)21-9-10-24-14(2)22-16-5-3-4-6-19(16)24/h3-8,11-12,23H,9-10H2,1-2H3,(H,21,25). The van der Waals surface area contributed by atoms with Gasteiger partial charge >= 0.3 is 0 Å². The minimum absolute atomic E-state index is 0.0871. The fourth-order valence-corrected chi connectivity index (χ4v) is 3.22. The molecule has 5 heteroatoms. The summed E-state index contributed by atoms with van der Waals surface area (Å²) in [6, 6.07) is 16.1. The minimum atomic E-state index is -0.0871. The number of aromatic amines is 1. The Bertz CT molecular complexity index is 1070. The Kier molecular flexibility index (Phi) is 3.76. The molecule has 25 heavy (non-hydrogen) atoms. The summed E-state index contributed by atoms with van der Waals surface area (Å²) in [6.07, 6.45) is 0. The van der Waals surface area contributed by atoms with Crippen LogP contribution < -0.4 is 5.32 Å². The van der Waals surface area contributed by atoms with Crippen molar-refractivity contribution in [1.29, 1.82) is 0 Å². The molecular formula is C20H20N4O. The van der Waals surface area contributed by atoms with Crippen molar-refractivity contribution < 1.29 is 4.79 Å². The van der Waals surface area contributed by atoms with Crippen LogP contribution in [0.25, 0.3) is 21.9 Å². The lowest BCUT2D eigenvalue weighted by Crippen LogP contribution is -2.27. The van der Waals surface area contributed by atoms with Crippen molar-refractivity contribution in [2.24, 2.45) is 0 Å². The number of para-hydroxylation sites is 2. The number of hydrogen-bond donors (Lipinski definition) is 2. The number of benzene rings is 2. The molecule has 0 radical (unpaired) electrons. The molecule has 4 aromatic rings. The number of nitrogens with zero attached hydrogens (tertiary/aromatic N) is 2. The van der Waals surface area contributed by atoms with Gasteiger partial charge in [-0.1, -0.05) is 24.3 Å². The molecule has 2 aromatic carbocycles. The van der Waals surface area contributed by atoms with E-state index in [-0.39, 0.29) is 5.91 Å². The lowest BCUT2D eigenvalue weighted by molar-refractivity contribution is 0.0948. The first-order chi connectivity index (χ1) is 12.1. The van der Waals surface area contributed by atoms with Gasteiger partial charge in [0.1, 0.15) is 11.5 Å². The maximum atomic E-state index is 12.4. The molecule has 126 valence electrons. The summed E-state index contributed by atoms with van der Waals surface area (Å²) in [5.41, 5.74) is 4.82. The van der Waals surface area contributed by atoms with E-state index in [1.54, 1.807) is 0 Å². The fourth-order valence-electron chi connectivity index (χ4n) is 3.22. The van der Waals surface area contributed by atoms with Gasteiger partial charge in [-0.3, -0.25) is 4.79 Å². The molecule has 0 aliphatic heterocycles. The number of amides is 1. The fraction of sp³-hybridized carbons (Fsp3) is 0.200. The smallest absolute Gasteiger partial charge is 0.267 e. The lowest BCUT2D eigenvalue weighted by Gasteiger charge is -2.08. The summed E-state index contributed by atoms with van der Waals surface area (Å²) in [4.78, 5) is 20.1. The Labute approximate surface area is 145 Å². The number of H-pyrrole nitrogens is 1. The van der Waals surface area contributed by atoms with Crippen LogP contribution in [0.4, 0.5) is 0 Å². The number of imidazole rings is 1. The van der Waals surface area contributed by atoms with Gasteiger partial charge in [0.05, 0.1) is 11.0 Å². The van der Waals surface area contributed by atoms with Crippen LogP contribution in [-0.2, 0) is 6.54 Å². The van der Waals surface area contributed by atoms with E-state index in [1.807, 2.05) is 56.3 Å². The summed E-state index contributed by atoms with van der Waals surface area (Å²) in [5, 5.41) is 4.03. The summed E-state index contributed by atoms with van der Waals surface area (Å²) < 4.78 is 2.13. The highest BCUT2D eigenvalue weighted by Gasteiger charge is 2.10. The van der Waals surface area contributed by atoms with Crippen LogP contribution in [0.15, 0.2) is 48.5 Å². The van der Waals surface area contributed by atoms with Gasteiger partial charge in [-0.15, -0.1) is 0 Å². The SMILES string of the molecule is Cc1ccc2cc(C(=O)NCCn3c(C)nc4ccccc43)[nH]c2c1. The van der Waals surface area contributed by atoms with Gasteiger partial charge in [0.15, 0.2) is 0 Å². The largest absolute Gasteiger partial charge is 0.351 e. The van der Waals surface area contributed by atoms with Crippen LogP contribution >= 0.6 is 0 Å². The molecule has 5 nitrogen and oxygen atoms in total. The lowest BCUT2D eigenvalue weighted by atomic mass is 10.2. The average Bonchev–Trinajstić information content (AvgIpc) is 3.15. The molecule has 2 heterocycles. The number of aromatic nitrogens is 3. The quantitative estimate of drug-likeness (QED) is 0.600. The zero-order chi connectivity index (χ0) is 17.4. The van der Waals surface area contributed by atoms with Gasteiger partial charge in [0, 0.05) is 24.0 Å². The van der Waals surface area contributed by atoms with E-state index in [0.717, 1.165) is 27.8 Å². The van der Waals surface area contributed by atoms with Gasteiger partial charge in [-0.2, -0.15) is 0 Å². The van der Waals surface area contributed by atoms with Crippen molar-refractivity contribution in [1.82, 2.24) is 19.9 Å². The number of aryl methyl sites for hydroxylation is 2. The third-order valence-corrected chi connectivity index (χ3v) is 4.49. The molecular weight excluding hydrogens is 312 g/mol. The van der Waals surface area contributed by atoms with Crippen molar-refractivity contribution in [2.45, 2.75) is 20.4 Å². The minimum Gasteiger partial charge on any atom is -0.351 e. The van der Waals surface area contributed by atoms with Crippen molar-refractivity contribution in [3.8, 4) is 0 Å². The van der Waals surface area contributed by atoms with Gasteiger partial charge in [-0.25, -0.2) is 4.98 Å². The van der Waals surface area contributed by atoms with Crippen LogP contribution in [0.3, 0.4) is 0 Å². The zero-order valence-corrected chi connectivity index (χ0v) is 14.3. The number of nitrogens with one attached hydrogen (secondary N) is 2. The van der Waals surface area contributed by atoms with E-state index in [9.17, 15) is 4.79 Å². The summed E-state index contributed by atoms with van der Waals surface area (Å²) >= 11 is 0. The first kappa shape index (κ1) is 15.4. The van der Waals surface area contributed by atoms with Crippen LogP contribution in [-0.4, -0.2) is 27.0 Å². The second kappa shape index (κ2) is 6.09. The molecule has 0 spiro atoms. The Hall–Kier alpha value is -3.08. The molecule has 0 aliphatic rings. The average molecular weight is 332 g/mol. The molecule has 0 unspecified atom stereocenters. The molecule has 2 N–H and O–H groups in total. The number of carbonyl (C=O) groups excluding carboxylic acids is 1. The van der Waals surface area contributed by atoms with Gasteiger partial charge in [-0.05, 0) is 43.7 Å². The summed E-state index contributed by atoms with van der Waals surface area (Å²) in [6.45, 7) is 5.27.